The van der Waals surface area contributed by atoms with Gasteiger partial charge in [0.1, 0.15) is 11.8 Å². The molecule has 180 valence electrons. The minimum absolute atomic E-state index is 0.240. The number of rotatable bonds is 7. The van der Waals surface area contributed by atoms with Crippen molar-refractivity contribution in [2.75, 3.05) is 23.0 Å². The van der Waals surface area contributed by atoms with Crippen molar-refractivity contribution >= 4 is 34.7 Å². The molecule has 0 aliphatic heterocycles. The zero-order chi connectivity index (χ0) is 24.9. The van der Waals surface area contributed by atoms with E-state index in [9.17, 15) is 9.59 Å². The molecule has 2 aromatic carbocycles. The Labute approximate surface area is 203 Å². The van der Waals surface area contributed by atoms with Gasteiger partial charge in [0.2, 0.25) is 0 Å². The van der Waals surface area contributed by atoms with Gasteiger partial charge in [-0.15, -0.1) is 0 Å². The van der Waals surface area contributed by atoms with Crippen LogP contribution >= 0.6 is 0 Å². The molecule has 4 rings (SSSR count). The number of carbonyl (C=O) groups excluding carboxylic acids is 2. The highest BCUT2D eigenvalue weighted by Crippen LogP contribution is 2.33. The molecule has 0 atom stereocenters. The Morgan fingerprint density at radius 2 is 1.66 bits per heavy atom. The van der Waals surface area contributed by atoms with Crippen LogP contribution in [0.4, 0.5) is 22.0 Å². The monoisotopic (exact) mass is 472 g/mol. The second-order valence-electron chi connectivity index (χ2n) is 8.53. The number of aromatic nitrogens is 3. The van der Waals surface area contributed by atoms with Gasteiger partial charge in [0.15, 0.2) is 5.82 Å². The highest BCUT2D eigenvalue weighted by molar-refractivity contribution is 6.05. The maximum atomic E-state index is 12.6. The van der Waals surface area contributed by atoms with E-state index in [1.54, 1.807) is 37.4 Å². The summed E-state index contributed by atoms with van der Waals surface area (Å²) in [5, 5.41) is 9.81. The van der Waals surface area contributed by atoms with Crippen LogP contribution in [0.5, 0.6) is 0 Å². The molecule has 0 saturated heterocycles. The normalized spacial score (nSPS) is 11.0. The van der Waals surface area contributed by atoms with Crippen LogP contribution in [0.2, 0.25) is 0 Å². The number of fused-ring (bicyclic) bond motifs is 1. The Balaban J connectivity index is 1.53. The summed E-state index contributed by atoms with van der Waals surface area (Å²) in [5.74, 6) is 0.335. The molecule has 0 spiro atoms. The minimum atomic E-state index is -0.478. The Bertz CT molecular complexity index is 1340. The number of nitrogens with one attached hydrogen (secondary N) is 2. The predicted octanol–water partition coefficient (Wildman–Crippen LogP) is 5.00. The van der Waals surface area contributed by atoms with E-state index < -0.39 is 5.97 Å². The number of urea groups is 1. The summed E-state index contributed by atoms with van der Waals surface area (Å²) in [6.45, 7) is 6.33. The number of benzene rings is 2. The Hall–Kier alpha value is -4.40. The number of esters is 1. The molecule has 2 amide bonds. The summed E-state index contributed by atoms with van der Waals surface area (Å²) in [6.07, 6.45) is 3.89. The number of nitrogen functional groups attached to an aromatic ring is 1. The first-order valence-corrected chi connectivity index (χ1v) is 11.4. The van der Waals surface area contributed by atoms with Crippen molar-refractivity contribution < 1.29 is 14.3 Å². The van der Waals surface area contributed by atoms with E-state index in [2.05, 4.69) is 34.6 Å². The quantitative estimate of drug-likeness (QED) is 0.325. The molecule has 9 heteroatoms. The first kappa shape index (κ1) is 23.7. The second-order valence-corrected chi connectivity index (χ2v) is 8.53. The van der Waals surface area contributed by atoms with Gasteiger partial charge in [-0.05, 0) is 54.7 Å². The third kappa shape index (κ3) is 5.40. The van der Waals surface area contributed by atoms with E-state index in [1.165, 1.54) is 16.4 Å². The number of carbonyl (C=O) groups is 2. The maximum Gasteiger partial charge on any atom is 0.340 e. The fourth-order valence-corrected chi connectivity index (χ4v) is 3.90. The fraction of sp³-hybridized carbons (Fsp3) is 0.231. The number of ether oxygens (including phenoxy) is 1. The third-order valence-corrected chi connectivity index (χ3v) is 5.38. The molecule has 9 nitrogen and oxygen atoms in total. The lowest BCUT2D eigenvalue weighted by molar-refractivity contribution is 0.0527. The highest BCUT2D eigenvalue weighted by Gasteiger charge is 2.22. The summed E-state index contributed by atoms with van der Waals surface area (Å²) in [5.41, 5.74) is 10.7. The molecule has 0 unspecified atom stereocenters. The maximum absolute atomic E-state index is 12.6. The average Bonchev–Trinajstić information content (AvgIpc) is 3.22. The predicted molar refractivity (Wildman–Crippen MR) is 136 cm³/mol. The third-order valence-electron chi connectivity index (χ3n) is 5.38. The summed E-state index contributed by atoms with van der Waals surface area (Å²) in [7, 11) is 0. The molecule has 0 saturated carbocycles. The van der Waals surface area contributed by atoms with Gasteiger partial charge in [-0.2, -0.15) is 5.10 Å². The van der Waals surface area contributed by atoms with Gasteiger partial charge in [-0.3, -0.25) is 0 Å². The molecule has 0 aliphatic carbocycles. The summed E-state index contributed by atoms with van der Waals surface area (Å²) < 4.78 is 6.72. The van der Waals surface area contributed by atoms with Crippen LogP contribution in [0, 0.1) is 5.92 Å². The number of nitrogens with zero attached hydrogens (tertiary/aromatic N) is 3. The molecule has 0 radical (unpaired) electrons. The zero-order valence-corrected chi connectivity index (χ0v) is 19.9. The first-order chi connectivity index (χ1) is 16.9. The molecule has 0 fully saturated rings. The van der Waals surface area contributed by atoms with E-state index in [0.29, 0.717) is 39.5 Å². The van der Waals surface area contributed by atoms with Gasteiger partial charge in [0.05, 0.1) is 12.2 Å². The van der Waals surface area contributed by atoms with E-state index >= 15 is 0 Å². The van der Waals surface area contributed by atoms with E-state index in [0.717, 1.165) is 6.42 Å². The van der Waals surface area contributed by atoms with Crippen LogP contribution in [0.15, 0.2) is 61.1 Å². The Morgan fingerprint density at radius 3 is 2.26 bits per heavy atom. The van der Waals surface area contributed by atoms with Crippen LogP contribution in [-0.4, -0.2) is 33.2 Å². The average molecular weight is 473 g/mol. The van der Waals surface area contributed by atoms with Crippen molar-refractivity contribution in [1.82, 2.24) is 14.6 Å². The highest BCUT2D eigenvalue weighted by atomic mass is 16.5. The van der Waals surface area contributed by atoms with Crippen LogP contribution < -0.4 is 16.4 Å². The number of anilines is 3. The molecule has 35 heavy (non-hydrogen) atoms. The van der Waals surface area contributed by atoms with Gasteiger partial charge in [-0.1, -0.05) is 38.1 Å². The van der Waals surface area contributed by atoms with Crippen molar-refractivity contribution in [2.24, 2.45) is 5.92 Å². The topological polar surface area (TPSA) is 124 Å². The molecule has 2 aromatic heterocycles. The van der Waals surface area contributed by atoms with E-state index in [1.807, 2.05) is 24.3 Å². The first-order valence-electron chi connectivity index (χ1n) is 11.4. The number of hydrogen-bond acceptors (Lipinski definition) is 6. The SMILES string of the molecule is CCOC(=O)c1cn2ncnc(N)c2c1-c1ccc(NC(=O)Nc2ccc(CC(C)C)cc2)cc1. The minimum Gasteiger partial charge on any atom is -0.462 e. The largest absolute Gasteiger partial charge is 0.462 e. The number of hydrogen-bond donors (Lipinski definition) is 3. The molecular formula is C26H28N6O3. The molecule has 0 aliphatic rings. The van der Waals surface area contributed by atoms with E-state index in [-0.39, 0.29) is 18.5 Å². The van der Waals surface area contributed by atoms with Crippen LogP contribution in [0.25, 0.3) is 16.6 Å². The number of nitrogens with two attached hydrogens (primary N) is 1. The van der Waals surface area contributed by atoms with Crippen LogP contribution in [0.1, 0.15) is 36.7 Å². The van der Waals surface area contributed by atoms with Gasteiger partial charge in [-0.25, -0.2) is 19.1 Å². The lowest BCUT2D eigenvalue weighted by atomic mass is 10.0. The van der Waals surface area contributed by atoms with Crippen LogP contribution in [-0.2, 0) is 11.2 Å². The second kappa shape index (κ2) is 10.3. The molecule has 2 heterocycles. The van der Waals surface area contributed by atoms with Gasteiger partial charge in [0, 0.05) is 23.1 Å². The summed E-state index contributed by atoms with van der Waals surface area (Å²) in [4.78, 5) is 29.1. The van der Waals surface area contributed by atoms with E-state index in [4.69, 9.17) is 10.5 Å². The van der Waals surface area contributed by atoms with Crippen molar-refractivity contribution in [3.63, 3.8) is 0 Å². The van der Waals surface area contributed by atoms with Crippen molar-refractivity contribution in [3.8, 4) is 11.1 Å². The van der Waals surface area contributed by atoms with Gasteiger partial charge in [0.25, 0.3) is 0 Å². The van der Waals surface area contributed by atoms with Crippen molar-refractivity contribution in [3.05, 3.63) is 72.2 Å². The molecule has 0 bridgehead atoms. The van der Waals surface area contributed by atoms with Gasteiger partial charge >= 0.3 is 12.0 Å². The van der Waals surface area contributed by atoms with Crippen LogP contribution in [0.3, 0.4) is 0 Å². The Morgan fingerprint density at radius 1 is 1.03 bits per heavy atom. The standard InChI is InChI=1S/C26H28N6O3/c1-4-35-25(33)21-14-32-23(24(27)28-15-29-32)22(21)18-7-11-20(12-8-18)31-26(34)30-19-9-5-17(6-10-19)13-16(2)3/h5-12,14-16H,4,13H2,1-3H3,(H2,27,28,29)(H2,30,31,34). The van der Waals surface area contributed by atoms with Crippen molar-refractivity contribution in [1.29, 1.82) is 0 Å². The lowest BCUT2D eigenvalue weighted by Crippen LogP contribution is -2.19. The van der Waals surface area contributed by atoms with Crippen molar-refractivity contribution in [2.45, 2.75) is 27.2 Å². The fourth-order valence-electron chi connectivity index (χ4n) is 3.90. The molecule has 4 N–H and O–H groups in total. The molecular weight excluding hydrogens is 444 g/mol. The lowest BCUT2D eigenvalue weighted by Gasteiger charge is -2.10. The zero-order valence-electron chi connectivity index (χ0n) is 19.9. The molecule has 4 aromatic rings. The summed E-state index contributed by atoms with van der Waals surface area (Å²) in [6, 6.07) is 14.5. The summed E-state index contributed by atoms with van der Waals surface area (Å²) >= 11 is 0. The van der Waals surface area contributed by atoms with Gasteiger partial charge < -0.3 is 21.1 Å². The smallest absolute Gasteiger partial charge is 0.340 e. The number of amides is 2. The Kier molecular flexibility index (Phi) is 6.96.